The first-order valence-electron chi connectivity index (χ1n) is 5.13. The highest BCUT2D eigenvalue weighted by molar-refractivity contribution is 5.87. The van der Waals surface area contributed by atoms with Gasteiger partial charge in [0.05, 0.1) is 5.39 Å². The maximum Gasteiger partial charge on any atom is 0.142 e. The minimum atomic E-state index is 0.272. The van der Waals surface area contributed by atoms with E-state index in [1.165, 1.54) is 0 Å². The molecule has 2 aromatic heterocycles. The van der Waals surface area contributed by atoms with Crippen molar-refractivity contribution in [2.45, 2.75) is 12.5 Å². The number of anilines is 1. The van der Waals surface area contributed by atoms with Gasteiger partial charge in [0.25, 0.3) is 0 Å². The molecule has 0 aromatic carbocycles. The van der Waals surface area contributed by atoms with E-state index in [2.05, 4.69) is 19.9 Å². The second kappa shape index (κ2) is 3.20. The average Bonchev–Trinajstić information content (AvgIpc) is 2.84. The zero-order chi connectivity index (χ0) is 10.3. The fourth-order valence-electron chi connectivity index (χ4n) is 2.09. The van der Waals surface area contributed by atoms with Gasteiger partial charge in [0.2, 0.25) is 0 Å². The number of H-pyrrole nitrogens is 1. The van der Waals surface area contributed by atoms with E-state index in [0.717, 1.165) is 36.4 Å². The third kappa shape index (κ3) is 1.35. The van der Waals surface area contributed by atoms with Crippen LogP contribution in [0.1, 0.15) is 6.42 Å². The van der Waals surface area contributed by atoms with Crippen LogP contribution in [0.2, 0.25) is 0 Å². The van der Waals surface area contributed by atoms with Crippen molar-refractivity contribution < 1.29 is 0 Å². The number of nitrogens with one attached hydrogen (secondary N) is 1. The molecule has 5 nitrogen and oxygen atoms in total. The van der Waals surface area contributed by atoms with E-state index in [0.29, 0.717) is 0 Å². The molecule has 3 N–H and O–H groups in total. The van der Waals surface area contributed by atoms with Gasteiger partial charge in [-0.05, 0) is 12.5 Å². The Morgan fingerprint density at radius 2 is 2.40 bits per heavy atom. The van der Waals surface area contributed by atoms with Crippen LogP contribution in [0.5, 0.6) is 0 Å². The lowest BCUT2D eigenvalue weighted by atomic mass is 10.3. The number of aromatic nitrogens is 3. The van der Waals surface area contributed by atoms with E-state index in [9.17, 15) is 0 Å². The second-order valence-electron chi connectivity index (χ2n) is 3.93. The molecule has 0 saturated carbocycles. The number of nitrogens with zero attached hydrogens (tertiary/aromatic N) is 3. The molecule has 1 unspecified atom stereocenters. The van der Waals surface area contributed by atoms with Crippen molar-refractivity contribution in [3.8, 4) is 0 Å². The fourth-order valence-corrected chi connectivity index (χ4v) is 2.09. The molecule has 1 fully saturated rings. The van der Waals surface area contributed by atoms with Crippen LogP contribution in [-0.2, 0) is 0 Å². The first kappa shape index (κ1) is 8.67. The Morgan fingerprint density at radius 1 is 1.47 bits per heavy atom. The van der Waals surface area contributed by atoms with Gasteiger partial charge >= 0.3 is 0 Å². The molecule has 1 aliphatic rings. The average molecular weight is 203 g/mol. The summed E-state index contributed by atoms with van der Waals surface area (Å²) in [6, 6.07) is 2.28. The molecular formula is C10H13N5. The van der Waals surface area contributed by atoms with Crippen molar-refractivity contribution in [1.29, 1.82) is 0 Å². The van der Waals surface area contributed by atoms with Gasteiger partial charge in [0.15, 0.2) is 0 Å². The maximum absolute atomic E-state index is 5.89. The molecule has 3 rings (SSSR count). The minimum Gasteiger partial charge on any atom is -0.354 e. The van der Waals surface area contributed by atoms with Gasteiger partial charge < -0.3 is 15.6 Å². The molecule has 2 aromatic rings. The Balaban J connectivity index is 2.06. The summed E-state index contributed by atoms with van der Waals surface area (Å²) < 4.78 is 0. The van der Waals surface area contributed by atoms with Crippen molar-refractivity contribution >= 4 is 16.9 Å². The first-order chi connectivity index (χ1) is 7.34. The van der Waals surface area contributed by atoms with E-state index >= 15 is 0 Å². The monoisotopic (exact) mass is 203 g/mol. The number of aromatic amines is 1. The van der Waals surface area contributed by atoms with Crippen LogP contribution in [0.4, 0.5) is 5.82 Å². The normalized spacial score (nSPS) is 21.4. The van der Waals surface area contributed by atoms with E-state index < -0.39 is 0 Å². The van der Waals surface area contributed by atoms with Crippen LogP contribution in [0.25, 0.3) is 11.0 Å². The van der Waals surface area contributed by atoms with Gasteiger partial charge in [-0.3, -0.25) is 0 Å². The molecule has 78 valence electrons. The summed E-state index contributed by atoms with van der Waals surface area (Å²) >= 11 is 0. The zero-order valence-corrected chi connectivity index (χ0v) is 8.35. The fraction of sp³-hybridized carbons (Fsp3) is 0.400. The predicted octanol–water partition coefficient (Wildman–Crippen LogP) is 0.495. The van der Waals surface area contributed by atoms with Crippen LogP contribution < -0.4 is 10.6 Å². The van der Waals surface area contributed by atoms with Crippen LogP contribution in [0, 0.1) is 0 Å². The van der Waals surface area contributed by atoms with Gasteiger partial charge in [-0.25, -0.2) is 9.97 Å². The summed E-state index contributed by atoms with van der Waals surface area (Å²) in [4.78, 5) is 13.8. The van der Waals surface area contributed by atoms with E-state index in [1.807, 2.05) is 12.3 Å². The minimum absolute atomic E-state index is 0.272. The van der Waals surface area contributed by atoms with Crippen LogP contribution >= 0.6 is 0 Å². The Hall–Kier alpha value is -1.62. The number of rotatable bonds is 1. The largest absolute Gasteiger partial charge is 0.354 e. The third-order valence-corrected chi connectivity index (χ3v) is 2.86. The molecule has 0 aliphatic carbocycles. The van der Waals surface area contributed by atoms with Crippen molar-refractivity contribution in [2.24, 2.45) is 5.73 Å². The Bertz CT molecular complexity index is 477. The third-order valence-electron chi connectivity index (χ3n) is 2.86. The smallest absolute Gasteiger partial charge is 0.142 e. The summed E-state index contributed by atoms with van der Waals surface area (Å²) in [5, 5.41) is 1.08. The summed E-state index contributed by atoms with van der Waals surface area (Å²) in [6.45, 7) is 1.87. The van der Waals surface area contributed by atoms with Crippen molar-refractivity contribution in [2.75, 3.05) is 18.0 Å². The molecule has 15 heavy (non-hydrogen) atoms. The van der Waals surface area contributed by atoms with E-state index in [4.69, 9.17) is 5.73 Å². The van der Waals surface area contributed by atoms with Crippen LogP contribution in [-0.4, -0.2) is 34.1 Å². The van der Waals surface area contributed by atoms with Gasteiger partial charge in [-0.2, -0.15) is 0 Å². The molecule has 1 aliphatic heterocycles. The molecule has 1 saturated heterocycles. The summed E-state index contributed by atoms with van der Waals surface area (Å²) in [7, 11) is 0. The molecular weight excluding hydrogens is 190 g/mol. The van der Waals surface area contributed by atoms with Crippen LogP contribution in [0.15, 0.2) is 18.6 Å². The SMILES string of the molecule is NC1CCN(c2ncnc3[nH]ccc23)C1. The van der Waals surface area contributed by atoms with Gasteiger partial charge in [0, 0.05) is 25.3 Å². The number of nitrogens with two attached hydrogens (primary N) is 1. The Kier molecular flexibility index (Phi) is 1.85. The highest BCUT2D eigenvalue weighted by Gasteiger charge is 2.22. The summed E-state index contributed by atoms with van der Waals surface area (Å²) in [6.07, 6.45) is 4.52. The molecule has 0 radical (unpaired) electrons. The van der Waals surface area contributed by atoms with Crippen molar-refractivity contribution in [1.82, 2.24) is 15.0 Å². The standard InChI is InChI=1S/C10H13N5/c11-7-2-4-15(5-7)10-8-1-3-12-9(8)13-6-14-10/h1,3,6-7H,2,4-5,11H2,(H,12,13,14). The molecule has 5 heteroatoms. The van der Waals surface area contributed by atoms with Crippen molar-refractivity contribution in [3.63, 3.8) is 0 Å². The lowest BCUT2D eigenvalue weighted by molar-refractivity contribution is 0.751. The zero-order valence-electron chi connectivity index (χ0n) is 8.35. The molecule has 3 heterocycles. The van der Waals surface area contributed by atoms with Gasteiger partial charge in [-0.15, -0.1) is 0 Å². The molecule has 0 amide bonds. The van der Waals surface area contributed by atoms with E-state index in [-0.39, 0.29) is 6.04 Å². The summed E-state index contributed by atoms with van der Waals surface area (Å²) in [5.41, 5.74) is 6.78. The molecule has 0 spiro atoms. The lowest BCUT2D eigenvalue weighted by Gasteiger charge is -2.16. The summed E-state index contributed by atoms with van der Waals surface area (Å²) in [5.74, 6) is 0.995. The predicted molar refractivity (Wildman–Crippen MR) is 58.7 cm³/mol. The maximum atomic E-state index is 5.89. The topological polar surface area (TPSA) is 70.8 Å². The number of fused-ring (bicyclic) bond motifs is 1. The van der Waals surface area contributed by atoms with Crippen molar-refractivity contribution in [3.05, 3.63) is 18.6 Å². The number of hydrogen-bond donors (Lipinski definition) is 2. The number of hydrogen-bond acceptors (Lipinski definition) is 4. The molecule has 1 atom stereocenters. The van der Waals surface area contributed by atoms with Gasteiger partial charge in [0.1, 0.15) is 17.8 Å². The Labute approximate surface area is 87.3 Å². The van der Waals surface area contributed by atoms with Gasteiger partial charge in [-0.1, -0.05) is 0 Å². The van der Waals surface area contributed by atoms with E-state index in [1.54, 1.807) is 6.33 Å². The highest BCUT2D eigenvalue weighted by Crippen LogP contribution is 2.24. The second-order valence-corrected chi connectivity index (χ2v) is 3.93. The highest BCUT2D eigenvalue weighted by atomic mass is 15.2. The first-order valence-corrected chi connectivity index (χ1v) is 5.13. The molecule has 0 bridgehead atoms. The lowest BCUT2D eigenvalue weighted by Crippen LogP contribution is -2.27. The Morgan fingerprint density at radius 3 is 3.20 bits per heavy atom. The van der Waals surface area contributed by atoms with Crippen LogP contribution in [0.3, 0.4) is 0 Å². The quantitative estimate of drug-likeness (QED) is 0.707.